The molecule has 0 atom stereocenters. The topological polar surface area (TPSA) is 50.2 Å². The van der Waals surface area contributed by atoms with Crippen molar-refractivity contribution in [3.05, 3.63) is 58.2 Å². The molecule has 1 N–H and O–H groups in total. The van der Waals surface area contributed by atoms with Crippen molar-refractivity contribution >= 4 is 17.2 Å². The lowest BCUT2D eigenvalue weighted by molar-refractivity contribution is 0.961. The van der Waals surface area contributed by atoms with E-state index in [1.165, 1.54) is 10.7 Å². The molecular formula is C12H8ClN3O. The van der Waals surface area contributed by atoms with Gasteiger partial charge in [-0.25, -0.2) is 14.2 Å². The van der Waals surface area contributed by atoms with Crippen LogP contribution in [0.25, 0.3) is 16.9 Å². The van der Waals surface area contributed by atoms with Gasteiger partial charge in [0.15, 0.2) is 0 Å². The molecule has 0 aliphatic carbocycles. The Morgan fingerprint density at radius 2 is 1.88 bits per heavy atom. The van der Waals surface area contributed by atoms with Gasteiger partial charge in [0.2, 0.25) is 0 Å². The summed E-state index contributed by atoms with van der Waals surface area (Å²) in [7, 11) is 0. The van der Waals surface area contributed by atoms with Crippen molar-refractivity contribution in [1.29, 1.82) is 0 Å². The van der Waals surface area contributed by atoms with Crippen LogP contribution in [0.3, 0.4) is 0 Å². The standard InChI is InChI=1S/C12H8ClN3O/c13-9-3-1-8(2-4-9)10-5-6-11-14-7-15-12(17)16(10)11/h1-7H,(H,14,15,17). The lowest BCUT2D eigenvalue weighted by atomic mass is 10.1. The molecule has 0 saturated heterocycles. The van der Waals surface area contributed by atoms with Crippen LogP contribution < -0.4 is 5.69 Å². The Morgan fingerprint density at radius 1 is 1.12 bits per heavy atom. The van der Waals surface area contributed by atoms with Crippen LogP contribution in [0.4, 0.5) is 0 Å². The minimum absolute atomic E-state index is 0.204. The summed E-state index contributed by atoms with van der Waals surface area (Å²) in [5.74, 6) is 0. The zero-order chi connectivity index (χ0) is 11.8. The SMILES string of the molecule is O=c1[nH]cnc2ccc(-c3ccc(Cl)cc3)n12. The highest BCUT2D eigenvalue weighted by atomic mass is 35.5. The molecule has 0 amide bonds. The van der Waals surface area contributed by atoms with Gasteiger partial charge in [0, 0.05) is 5.02 Å². The average Bonchev–Trinajstić information content (AvgIpc) is 2.75. The van der Waals surface area contributed by atoms with Gasteiger partial charge in [0.1, 0.15) is 5.65 Å². The molecule has 1 aromatic carbocycles. The van der Waals surface area contributed by atoms with Crippen molar-refractivity contribution in [2.24, 2.45) is 0 Å². The summed E-state index contributed by atoms with van der Waals surface area (Å²) in [6, 6.07) is 11.0. The van der Waals surface area contributed by atoms with Gasteiger partial charge in [-0.15, -0.1) is 0 Å². The Bertz CT molecular complexity index is 727. The predicted octanol–water partition coefficient (Wildman–Crippen LogP) is 2.34. The van der Waals surface area contributed by atoms with Crippen LogP contribution >= 0.6 is 11.6 Å². The first kappa shape index (κ1) is 10.1. The van der Waals surface area contributed by atoms with E-state index in [1.807, 2.05) is 18.2 Å². The molecule has 0 saturated carbocycles. The fourth-order valence-electron chi connectivity index (χ4n) is 1.80. The first-order valence-electron chi connectivity index (χ1n) is 5.07. The second-order valence-corrected chi connectivity index (χ2v) is 4.06. The molecule has 84 valence electrons. The van der Waals surface area contributed by atoms with E-state index < -0.39 is 0 Å². The van der Waals surface area contributed by atoms with E-state index in [0.29, 0.717) is 10.7 Å². The number of hydrogen-bond acceptors (Lipinski definition) is 2. The lowest BCUT2D eigenvalue weighted by Gasteiger charge is -2.01. The number of aromatic nitrogens is 3. The molecule has 0 radical (unpaired) electrons. The molecule has 5 heteroatoms. The number of benzene rings is 1. The molecule has 2 heterocycles. The van der Waals surface area contributed by atoms with Crippen molar-refractivity contribution in [3.63, 3.8) is 0 Å². The van der Waals surface area contributed by atoms with Crippen molar-refractivity contribution in [2.75, 3.05) is 0 Å². The van der Waals surface area contributed by atoms with E-state index in [9.17, 15) is 4.79 Å². The molecule has 0 unspecified atom stereocenters. The molecule has 0 fully saturated rings. The summed E-state index contributed by atoms with van der Waals surface area (Å²) in [4.78, 5) is 18.4. The highest BCUT2D eigenvalue weighted by molar-refractivity contribution is 6.30. The van der Waals surface area contributed by atoms with Crippen LogP contribution in [0, 0.1) is 0 Å². The van der Waals surface area contributed by atoms with Crippen LogP contribution in [0.5, 0.6) is 0 Å². The number of nitrogens with one attached hydrogen (secondary N) is 1. The summed E-state index contributed by atoms with van der Waals surface area (Å²) in [6.45, 7) is 0. The van der Waals surface area contributed by atoms with Gasteiger partial charge < -0.3 is 0 Å². The van der Waals surface area contributed by atoms with Crippen molar-refractivity contribution < 1.29 is 0 Å². The number of halogens is 1. The molecule has 0 spiro atoms. The average molecular weight is 246 g/mol. The maximum atomic E-state index is 11.7. The van der Waals surface area contributed by atoms with E-state index in [4.69, 9.17) is 11.6 Å². The number of hydrogen-bond donors (Lipinski definition) is 1. The third kappa shape index (κ3) is 1.62. The van der Waals surface area contributed by atoms with Gasteiger partial charge >= 0.3 is 5.69 Å². The smallest absolute Gasteiger partial charge is 0.298 e. The maximum absolute atomic E-state index is 11.7. The first-order chi connectivity index (χ1) is 8.25. The van der Waals surface area contributed by atoms with Gasteiger partial charge in [-0.3, -0.25) is 4.98 Å². The zero-order valence-corrected chi connectivity index (χ0v) is 9.48. The largest absolute Gasteiger partial charge is 0.332 e. The molecule has 17 heavy (non-hydrogen) atoms. The fraction of sp³-hybridized carbons (Fsp3) is 0. The Hall–Kier alpha value is -2.07. The third-order valence-corrected chi connectivity index (χ3v) is 2.84. The molecular weight excluding hydrogens is 238 g/mol. The molecule has 0 aliphatic heterocycles. The number of rotatable bonds is 1. The van der Waals surface area contributed by atoms with Crippen LogP contribution in [-0.2, 0) is 0 Å². The third-order valence-electron chi connectivity index (χ3n) is 2.59. The summed E-state index contributed by atoms with van der Waals surface area (Å²) in [5, 5.41) is 0.668. The van der Waals surface area contributed by atoms with E-state index in [0.717, 1.165) is 11.3 Å². The van der Waals surface area contributed by atoms with Crippen LogP contribution in [0.15, 0.2) is 47.5 Å². The second kappa shape index (κ2) is 3.75. The Balaban J connectivity index is 2.31. The minimum atomic E-state index is -0.204. The molecule has 3 rings (SSSR count). The monoisotopic (exact) mass is 245 g/mol. The highest BCUT2D eigenvalue weighted by Gasteiger charge is 2.07. The van der Waals surface area contributed by atoms with Gasteiger partial charge in [-0.05, 0) is 29.8 Å². The molecule has 3 aromatic rings. The number of H-pyrrole nitrogens is 1. The first-order valence-corrected chi connectivity index (χ1v) is 5.44. The molecule has 0 aliphatic rings. The normalized spacial score (nSPS) is 10.9. The fourth-order valence-corrected chi connectivity index (χ4v) is 1.93. The number of fused-ring (bicyclic) bond motifs is 1. The quantitative estimate of drug-likeness (QED) is 0.715. The Labute approximate surface area is 102 Å². The van der Waals surface area contributed by atoms with Gasteiger partial charge in [0.25, 0.3) is 0 Å². The van der Waals surface area contributed by atoms with Crippen molar-refractivity contribution in [2.45, 2.75) is 0 Å². The van der Waals surface area contributed by atoms with Crippen molar-refractivity contribution in [3.8, 4) is 11.3 Å². The molecule has 4 nitrogen and oxygen atoms in total. The predicted molar refractivity (Wildman–Crippen MR) is 66.3 cm³/mol. The Kier molecular flexibility index (Phi) is 2.23. The number of aromatic amines is 1. The second-order valence-electron chi connectivity index (χ2n) is 3.63. The van der Waals surface area contributed by atoms with Gasteiger partial charge in [-0.2, -0.15) is 0 Å². The zero-order valence-electron chi connectivity index (χ0n) is 8.72. The molecule has 2 aromatic heterocycles. The van der Waals surface area contributed by atoms with Gasteiger partial charge in [0.05, 0.1) is 12.0 Å². The van der Waals surface area contributed by atoms with Crippen molar-refractivity contribution in [1.82, 2.24) is 14.4 Å². The van der Waals surface area contributed by atoms with Crippen LogP contribution in [-0.4, -0.2) is 14.4 Å². The van der Waals surface area contributed by atoms with Crippen LogP contribution in [0.2, 0.25) is 5.02 Å². The summed E-state index contributed by atoms with van der Waals surface area (Å²) in [5.41, 5.74) is 2.14. The van der Waals surface area contributed by atoms with E-state index in [-0.39, 0.29) is 5.69 Å². The van der Waals surface area contributed by atoms with Crippen LogP contribution in [0.1, 0.15) is 0 Å². The summed E-state index contributed by atoms with van der Waals surface area (Å²) < 4.78 is 1.53. The van der Waals surface area contributed by atoms with Gasteiger partial charge in [-0.1, -0.05) is 23.7 Å². The van der Waals surface area contributed by atoms with E-state index >= 15 is 0 Å². The highest BCUT2D eigenvalue weighted by Crippen LogP contribution is 2.21. The lowest BCUT2D eigenvalue weighted by Crippen LogP contribution is -2.16. The summed E-state index contributed by atoms with van der Waals surface area (Å²) >= 11 is 5.84. The Morgan fingerprint density at radius 3 is 2.65 bits per heavy atom. The van der Waals surface area contributed by atoms with E-state index in [2.05, 4.69) is 9.97 Å². The molecule has 0 bridgehead atoms. The summed E-state index contributed by atoms with van der Waals surface area (Å²) in [6.07, 6.45) is 1.39. The maximum Gasteiger partial charge on any atom is 0.332 e. The minimum Gasteiger partial charge on any atom is -0.298 e. The van der Waals surface area contributed by atoms with E-state index in [1.54, 1.807) is 18.2 Å². The number of nitrogens with zero attached hydrogens (tertiary/aromatic N) is 2.